The lowest BCUT2D eigenvalue weighted by molar-refractivity contribution is 0.0376. The molecule has 0 bridgehead atoms. The average Bonchev–Trinajstić information content (AvgIpc) is 3.58. The molecule has 0 radical (unpaired) electrons. The first-order valence-electron chi connectivity index (χ1n) is 12.9. The minimum atomic E-state index is -3.52. The number of hydrogen-bond acceptors (Lipinski definition) is 7. The molecular formula is C27H34N4O4S2. The normalized spacial score (nSPS) is 17.5. The number of benzene rings is 2. The smallest absolute Gasteiger partial charge is 0.260 e. The fourth-order valence-electron chi connectivity index (χ4n) is 5.04. The Morgan fingerprint density at radius 1 is 1.05 bits per heavy atom. The summed E-state index contributed by atoms with van der Waals surface area (Å²) >= 11 is 1.52. The number of sulfonamides is 1. The lowest BCUT2D eigenvalue weighted by Gasteiger charge is -2.27. The average molecular weight is 543 g/mol. The van der Waals surface area contributed by atoms with Crippen LogP contribution in [0.3, 0.4) is 0 Å². The maximum Gasteiger partial charge on any atom is 0.260 e. The molecule has 3 heterocycles. The maximum atomic E-state index is 13.8. The quantitative estimate of drug-likeness (QED) is 0.427. The van der Waals surface area contributed by atoms with E-state index in [0.29, 0.717) is 30.3 Å². The highest BCUT2D eigenvalue weighted by Gasteiger charge is 2.28. The minimum absolute atomic E-state index is 0.166. The Morgan fingerprint density at radius 3 is 2.46 bits per heavy atom. The summed E-state index contributed by atoms with van der Waals surface area (Å²) in [5.41, 5.74) is 3.64. The monoisotopic (exact) mass is 542 g/mol. The molecule has 37 heavy (non-hydrogen) atoms. The van der Waals surface area contributed by atoms with E-state index in [1.54, 1.807) is 29.2 Å². The summed E-state index contributed by atoms with van der Waals surface area (Å²) in [6.07, 6.45) is 2.58. The first-order valence-corrected chi connectivity index (χ1v) is 15.2. The van der Waals surface area contributed by atoms with Crippen LogP contribution in [0.25, 0.3) is 10.2 Å². The van der Waals surface area contributed by atoms with Gasteiger partial charge in [-0.1, -0.05) is 17.4 Å². The molecule has 0 saturated carbocycles. The van der Waals surface area contributed by atoms with Crippen LogP contribution in [0.1, 0.15) is 40.7 Å². The second kappa shape index (κ2) is 11.2. The van der Waals surface area contributed by atoms with Gasteiger partial charge in [-0.3, -0.25) is 14.6 Å². The number of carbonyl (C=O) groups excluding carboxylic acids is 1. The molecular weight excluding hydrogens is 508 g/mol. The van der Waals surface area contributed by atoms with E-state index in [1.807, 2.05) is 6.92 Å². The van der Waals surface area contributed by atoms with E-state index in [1.165, 1.54) is 21.2 Å². The topological polar surface area (TPSA) is 83.0 Å². The summed E-state index contributed by atoms with van der Waals surface area (Å²) < 4.78 is 33.9. The van der Waals surface area contributed by atoms with Crippen molar-refractivity contribution in [2.45, 2.75) is 38.0 Å². The van der Waals surface area contributed by atoms with Crippen LogP contribution in [-0.4, -0.2) is 81.0 Å². The molecule has 3 aromatic rings. The van der Waals surface area contributed by atoms with Crippen molar-refractivity contribution in [1.82, 2.24) is 14.2 Å². The number of thiazole rings is 1. The third-order valence-electron chi connectivity index (χ3n) is 7.06. The van der Waals surface area contributed by atoms with Gasteiger partial charge in [-0.15, -0.1) is 0 Å². The van der Waals surface area contributed by atoms with Crippen LogP contribution < -0.4 is 4.90 Å². The Hall–Kier alpha value is -2.37. The lowest BCUT2D eigenvalue weighted by atomic mass is 10.1. The van der Waals surface area contributed by atoms with E-state index in [9.17, 15) is 13.2 Å². The van der Waals surface area contributed by atoms with Gasteiger partial charge >= 0.3 is 0 Å². The van der Waals surface area contributed by atoms with Gasteiger partial charge in [-0.2, -0.15) is 4.31 Å². The Balaban J connectivity index is 1.40. The van der Waals surface area contributed by atoms with Crippen LogP contribution in [0, 0.1) is 13.8 Å². The van der Waals surface area contributed by atoms with Crippen LogP contribution in [0.2, 0.25) is 0 Å². The molecule has 0 N–H and O–H groups in total. The molecule has 5 rings (SSSR count). The predicted molar refractivity (Wildman–Crippen MR) is 147 cm³/mol. The molecule has 2 fully saturated rings. The molecule has 0 atom stereocenters. The van der Waals surface area contributed by atoms with Crippen molar-refractivity contribution in [1.29, 1.82) is 0 Å². The lowest BCUT2D eigenvalue weighted by Crippen LogP contribution is -2.39. The third-order valence-corrected chi connectivity index (χ3v) is 10.00. The number of rotatable bonds is 8. The van der Waals surface area contributed by atoms with Gasteiger partial charge in [0, 0.05) is 44.8 Å². The van der Waals surface area contributed by atoms with Gasteiger partial charge in [-0.25, -0.2) is 13.4 Å². The Morgan fingerprint density at radius 2 is 1.76 bits per heavy atom. The van der Waals surface area contributed by atoms with Gasteiger partial charge in [0.15, 0.2) is 5.13 Å². The van der Waals surface area contributed by atoms with Gasteiger partial charge in [0.2, 0.25) is 10.0 Å². The maximum absolute atomic E-state index is 13.8. The number of nitrogens with zero attached hydrogens (tertiary/aromatic N) is 4. The standard InChI is InChI=1S/C27H34N4O4S2/c1-20-18-21(2)25-24(19-20)36-27(28-25)31(13-5-10-29-14-16-35-17-15-29)26(32)22-6-8-23(9-7-22)37(33,34)30-11-3-4-12-30/h6-9,18-19H,3-5,10-17H2,1-2H3. The number of morpholine rings is 1. The third kappa shape index (κ3) is 5.73. The molecule has 2 saturated heterocycles. The van der Waals surface area contributed by atoms with Crippen LogP contribution in [-0.2, 0) is 14.8 Å². The molecule has 2 aliphatic heterocycles. The van der Waals surface area contributed by atoms with Gasteiger partial charge in [0.05, 0.1) is 28.3 Å². The molecule has 0 aliphatic carbocycles. The summed E-state index contributed by atoms with van der Waals surface area (Å²) in [5.74, 6) is -0.166. The first kappa shape index (κ1) is 26.2. The van der Waals surface area contributed by atoms with E-state index < -0.39 is 10.0 Å². The van der Waals surface area contributed by atoms with E-state index in [4.69, 9.17) is 9.72 Å². The van der Waals surface area contributed by atoms with E-state index >= 15 is 0 Å². The zero-order valence-corrected chi connectivity index (χ0v) is 23.1. The molecule has 10 heteroatoms. The Labute approximate surface area is 222 Å². The SMILES string of the molecule is Cc1cc(C)c2nc(N(CCCN3CCOCC3)C(=O)c3ccc(S(=O)(=O)N4CCCC4)cc3)sc2c1. The molecule has 1 amide bonds. The summed E-state index contributed by atoms with van der Waals surface area (Å²) in [7, 11) is -3.52. The number of amides is 1. The summed E-state index contributed by atoms with van der Waals surface area (Å²) in [5, 5.41) is 0.671. The summed E-state index contributed by atoms with van der Waals surface area (Å²) in [4.78, 5) is 23.0. The van der Waals surface area contributed by atoms with Gasteiger partial charge in [0.1, 0.15) is 0 Å². The van der Waals surface area contributed by atoms with Crippen LogP contribution in [0.15, 0.2) is 41.3 Å². The number of fused-ring (bicyclic) bond motifs is 1. The molecule has 2 aromatic carbocycles. The molecule has 0 spiro atoms. The van der Waals surface area contributed by atoms with E-state index in [0.717, 1.165) is 67.9 Å². The number of hydrogen-bond donors (Lipinski definition) is 0. The van der Waals surface area contributed by atoms with Crippen molar-refractivity contribution in [3.05, 3.63) is 53.1 Å². The first-order chi connectivity index (χ1) is 17.8. The second-order valence-corrected chi connectivity index (χ2v) is 12.8. The van der Waals surface area contributed by atoms with Crippen molar-refractivity contribution < 1.29 is 17.9 Å². The van der Waals surface area contributed by atoms with Crippen molar-refractivity contribution in [3.63, 3.8) is 0 Å². The minimum Gasteiger partial charge on any atom is -0.379 e. The molecule has 1 aromatic heterocycles. The number of aryl methyl sites for hydroxylation is 2. The molecule has 2 aliphatic rings. The van der Waals surface area contributed by atoms with Gasteiger partial charge < -0.3 is 4.74 Å². The highest BCUT2D eigenvalue weighted by molar-refractivity contribution is 7.89. The Bertz CT molecular complexity index is 1360. The van der Waals surface area contributed by atoms with Crippen molar-refractivity contribution in [2.75, 3.05) is 57.4 Å². The largest absolute Gasteiger partial charge is 0.379 e. The number of aromatic nitrogens is 1. The van der Waals surface area contributed by atoms with Gasteiger partial charge in [-0.05, 0) is 74.6 Å². The molecule has 8 nitrogen and oxygen atoms in total. The molecule has 0 unspecified atom stereocenters. The van der Waals surface area contributed by atoms with Crippen molar-refractivity contribution in [2.24, 2.45) is 0 Å². The molecule has 198 valence electrons. The van der Waals surface area contributed by atoms with Crippen LogP contribution in [0.5, 0.6) is 0 Å². The fraction of sp³-hybridized carbons (Fsp3) is 0.481. The number of anilines is 1. The second-order valence-electron chi connectivity index (χ2n) is 9.82. The number of carbonyl (C=O) groups is 1. The highest BCUT2D eigenvalue weighted by Crippen LogP contribution is 2.33. The van der Waals surface area contributed by atoms with Gasteiger partial charge in [0.25, 0.3) is 5.91 Å². The zero-order chi connectivity index (χ0) is 26.0. The predicted octanol–water partition coefficient (Wildman–Crippen LogP) is 4.07. The van der Waals surface area contributed by atoms with E-state index in [-0.39, 0.29) is 10.8 Å². The fourth-order valence-corrected chi connectivity index (χ4v) is 7.72. The highest BCUT2D eigenvalue weighted by atomic mass is 32.2. The summed E-state index contributed by atoms with van der Waals surface area (Å²) in [6.45, 7) is 9.91. The van der Waals surface area contributed by atoms with Crippen molar-refractivity contribution >= 4 is 42.6 Å². The van der Waals surface area contributed by atoms with Crippen LogP contribution in [0.4, 0.5) is 5.13 Å². The Kier molecular flexibility index (Phi) is 7.92. The number of ether oxygens (including phenoxy) is 1. The van der Waals surface area contributed by atoms with Crippen molar-refractivity contribution in [3.8, 4) is 0 Å². The zero-order valence-electron chi connectivity index (χ0n) is 21.5. The summed E-state index contributed by atoms with van der Waals surface area (Å²) in [6, 6.07) is 10.6. The van der Waals surface area contributed by atoms with E-state index in [2.05, 4.69) is 24.0 Å². The van der Waals surface area contributed by atoms with Crippen LogP contribution >= 0.6 is 11.3 Å².